The Labute approximate surface area is 149 Å². The van der Waals surface area contributed by atoms with E-state index in [0.29, 0.717) is 17.6 Å². The zero-order valence-electron chi connectivity index (χ0n) is 14.1. The van der Waals surface area contributed by atoms with Crippen molar-refractivity contribution in [2.24, 2.45) is 0 Å². The lowest BCUT2D eigenvalue weighted by atomic mass is 10.0. The maximum Gasteiger partial charge on any atom is 0.223 e. The molecule has 25 heavy (non-hydrogen) atoms. The Hall–Kier alpha value is -1.97. The van der Waals surface area contributed by atoms with E-state index >= 15 is 0 Å². The summed E-state index contributed by atoms with van der Waals surface area (Å²) in [6, 6.07) is 0. The van der Waals surface area contributed by atoms with Crippen LogP contribution in [0.2, 0.25) is 0 Å². The van der Waals surface area contributed by atoms with Crippen molar-refractivity contribution in [2.75, 3.05) is 25.0 Å². The third-order valence-corrected chi connectivity index (χ3v) is 4.90. The number of ether oxygens (including phenoxy) is 1. The number of halogens is 1. The van der Waals surface area contributed by atoms with Crippen molar-refractivity contribution in [1.82, 2.24) is 19.9 Å². The van der Waals surface area contributed by atoms with Gasteiger partial charge in [-0.15, -0.1) is 11.3 Å². The van der Waals surface area contributed by atoms with Gasteiger partial charge >= 0.3 is 0 Å². The van der Waals surface area contributed by atoms with Crippen molar-refractivity contribution in [2.45, 2.75) is 32.4 Å². The summed E-state index contributed by atoms with van der Waals surface area (Å²) in [7, 11) is 0. The zero-order valence-corrected chi connectivity index (χ0v) is 14.9. The van der Waals surface area contributed by atoms with E-state index in [4.69, 9.17) is 4.74 Å². The molecule has 1 N–H and O–H groups in total. The highest BCUT2D eigenvalue weighted by atomic mass is 32.1. The van der Waals surface area contributed by atoms with Gasteiger partial charge in [0.15, 0.2) is 10.9 Å². The van der Waals surface area contributed by atoms with Crippen LogP contribution in [0.25, 0.3) is 0 Å². The molecule has 0 bridgehead atoms. The number of hydrogen-bond donors (Lipinski definition) is 1. The largest absolute Gasteiger partial charge is 0.375 e. The van der Waals surface area contributed by atoms with Crippen molar-refractivity contribution < 1.29 is 13.9 Å². The summed E-state index contributed by atoms with van der Waals surface area (Å²) in [5.74, 6) is -0.0124. The number of aromatic nitrogens is 3. The van der Waals surface area contributed by atoms with Gasteiger partial charge < -0.3 is 10.1 Å². The van der Waals surface area contributed by atoms with Crippen LogP contribution in [0.3, 0.4) is 0 Å². The minimum atomic E-state index is -0.442. The number of amides is 1. The van der Waals surface area contributed by atoms with E-state index in [1.165, 1.54) is 30.7 Å². The normalized spacial score (nSPS) is 19.6. The standard InChI is InChI=1S/C16H20FN5O2S/c1-10(15-18-5-12(17)6-19-15)14-9-22(3-4-24-14)8-13-7-20-16(25-13)21-11(2)23/h5-7,10,14H,3-4,8-9H2,1-2H3,(H,20,21,23)/t10?,14-/m0/s1. The molecule has 7 nitrogen and oxygen atoms in total. The maximum atomic E-state index is 13.0. The molecule has 1 unspecified atom stereocenters. The molecule has 3 heterocycles. The summed E-state index contributed by atoms with van der Waals surface area (Å²) in [6.07, 6.45) is 4.09. The van der Waals surface area contributed by atoms with Gasteiger partial charge in [-0.3, -0.25) is 9.69 Å². The molecule has 0 spiro atoms. The number of anilines is 1. The number of thiazole rings is 1. The molecule has 1 fully saturated rings. The van der Waals surface area contributed by atoms with Gasteiger partial charge in [0.1, 0.15) is 5.82 Å². The lowest BCUT2D eigenvalue weighted by Crippen LogP contribution is -2.44. The molecule has 0 aliphatic carbocycles. The Bertz CT molecular complexity index is 724. The first-order valence-electron chi connectivity index (χ1n) is 8.05. The molecular formula is C16H20FN5O2S. The monoisotopic (exact) mass is 365 g/mol. The van der Waals surface area contributed by atoms with Crippen LogP contribution in [-0.2, 0) is 16.1 Å². The fourth-order valence-corrected chi connectivity index (χ4v) is 3.61. The Kier molecular flexibility index (Phi) is 5.67. The van der Waals surface area contributed by atoms with Gasteiger partial charge in [0.25, 0.3) is 0 Å². The van der Waals surface area contributed by atoms with Crippen LogP contribution in [0.5, 0.6) is 0 Å². The fourth-order valence-electron chi connectivity index (χ4n) is 2.71. The van der Waals surface area contributed by atoms with Crippen LogP contribution in [0.4, 0.5) is 9.52 Å². The number of rotatable bonds is 5. The predicted octanol–water partition coefficient (Wildman–Crippen LogP) is 2.04. The van der Waals surface area contributed by atoms with E-state index in [9.17, 15) is 9.18 Å². The van der Waals surface area contributed by atoms with Crippen LogP contribution in [0, 0.1) is 5.82 Å². The third-order valence-electron chi connectivity index (χ3n) is 4.00. The van der Waals surface area contributed by atoms with Crippen LogP contribution < -0.4 is 5.32 Å². The first-order valence-corrected chi connectivity index (χ1v) is 8.86. The number of nitrogens with one attached hydrogen (secondary N) is 1. The van der Waals surface area contributed by atoms with Crippen LogP contribution in [0.15, 0.2) is 18.6 Å². The Morgan fingerprint density at radius 3 is 2.92 bits per heavy atom. The van der Waals surface area contributed by atoms with Crippen LogP contribution in [-0.4, -0.2) is 51.6 Å². The number of carbonyl (C=O) groups excluding carboxylic acids is 1. The van der Waals surface area contributed by atoms with E-state index in [1.54, 1.807) is 6.20 Å². The highest BCUT2D eigenvalue weighted by molar-refractivity contribution is 7.15. The lowest BCUT2D eigenvalue weighted by molar-refractivity contribution is -0.114. The molecular weight excluding hydrogens is 345 g/mol. The molecule has 3 rings (SSSR count). The summed E-state index contributed by atoms with van der Waals surface area (Å²) in [6.45, 7) is 6.37. The van der Waals surface area contributed by atoms with E-state index in [0.717, 1.165) is 24.5 Å². The van der Waals surface area contributed by atoms with Crippen molar-refractivity contribution in [1.29, 1.82) is 0 Å². The Balaban J connectivity index is 1.60. The van der Waals surface area contributed by atoms with Crippen molar-refractivity contribution in [3.63, 3.8) is 0 Å². The average molecular weight is 365 g/mol. The third kappa shape index (κ3) is 4.77. The van der Waals surface area contributed by atoms with Gasteiger partial charge in [0.05, 0.1) is 25.1 Å². The van der Waals surface area contributed by atoms with Crippen molar-refractivity contribution >= 4 is 22.4 Å². The molecule has 9 heteroatoms. The van der Waals surface area contributed by atoms with Gasteiger partial charge in [-0.2, -0.15) is 0 Å². The van der Waals surface area contributed by atoms with Gasteiger partial charge in [-0.25, -0.2) is 19.3 Å². The van der Waals surface area contributed by atoms with Gasteiger partial charge in [0, 0.05) is 43.5 Å². The Morgan fingerprint density at radius 1 is 1.44 bits per heavy atom. The molecule has 1 saturated heterocycles. The molecule has 1 aliphatic rings. The van der Waals surface area contributed by atoms with Crippen molar-refractivity contribution in [3.8, 4) is 0 Å². The fraction of sp³-hybridized carbons (Fsp3) is 0.500. The second kappa shape index (κ2) is 7.94. The molecule has 2 aromatic heterocycles. The highest BCUT2D eigenvalue weighted by Crippen LogP contribution is 2.24. The molecule has 0 radical (unpaired) electrons. The van der Waals surface area contributed by atoms with Crippen LogP contribution >= 0.6 is 11.3 Å². The number of carbonyl (C=O) groups is 1. The molecule has 2 aromatic rings. The first kappa shape index (κ1) is 17.8. The first-order chi connectivity index (χ1) is 12.0. The summed E-state index contributed by atoms with van der Waals surface area (Å²) in [5.41, 5.74) is 0. The van der Waals surface area contributed by atoms with E-state index in [1.807, 2.05) is 6.92 Å². The average Bonchev–Trinajstić information content (AvgIpc) is 3.01. The second-order valence-electron chi connectivity index (χ2n) is 6.01. The SMILES string of the molecule is CC(=O)Nc1ncc(CN2CCO[C@H](C(C)c3ncc(F)cn3)C2)s1. The topological polar surface area (TPSA) is 80.2 Å². The summed E-state index contributed by atoms with van der Waals surface area (Å²) >= 11 is 1.47. The quantitative estimate of drug-likeness (QED) is 0.873. The number of morpholine rings is 1. The molecule has 134 valence electrons. The minimum absolute atomic E-state index is 0.0280. The number of hydrogen-bond acceptors (Lipinski definition) is 7. The molecule has 2 atom stereocenters. The van der Waals surface area contributed by atoms with Crippen molar-refractivity contribution in [3.05, 3.63) is 35.1 Å². The van der Waals surface area contributed by atoms with E-state index < -0.39 is 5.82 Å². The van der Waals surface area contributed by atoms with Gasteiger partial charge in [-0.05, 0) is 0 Å². The maximum absolute atomic E-state index is 13.0. The lowest BCUT2D eigenvalue weighted by Gasteiger charge is -2.35. The van der Waals surface area contributed by atoms with Gasteiger partial charge in [-0.1, -0.05) is 6.92 Å². The van der Waals surface area contributed by atoms with Gasteiger partial charge in [0.2, 0.25) is 5.91 Å². The number of nitrogens with zero attached hydrogens (tertiary/aromatic N) is 4. The van der Waals surface area contributed by atoms with E-state index in [2.05, 4.69) is 25.2 Å². The zero-order chi connectivity index (χ0) is 17.8. The van der Waals surface area contributed by atoms with Crippen LogP contribution in [0.1, 0.15) is 30.5 Å². The smallest absolute Gasteiger partial charge is 0.223 e. The second-order valence-corrected chi connectivity index (χ2v) is 7.12. The molecule has 1 aliphatic heterocycles. The Morgan fingerprint density at radius 2 is 2.20 bits per heavy atom. The predicted molar refractivity (Wildman–Crippen MR) is 91.8 cm³/mol. The molecule has 0 aromatic carbocycles. The summed E-state index contributed by atoms with van der Waals surface area (Å²) < 4.78 is 18.8. The molecule has 1 amide bonds. The minimum Gasteiger partial charge on any atom is -0.375 e. The van der Waals surface area contributed by atoms with E-state index in [-0.39, 0.29) is 17.9 Å². The molecule has 0 saturated carbocycles. The summed E-state index contributed by atoms with van der Waals surface area (Å²) in [5, 5.41) is 3.31. The highest BCUT2D eigenvalue weighted by Gasteiger charge is 2.28. The summed E-state index contributed by atoms with van der Waals surface area (Å²) in [4.78, 5) is 26.8.